The second-order valence-corrected chi connectivity index (χ2v) is 4.14. The van der Waals surface area contributed by atoms with Crippen LogP contribution in [0.3, 0.4) is 0 Å². The van der Waals surface area contributed by atoms with Crippen molar-refractivity contribution in [2.24, 2.45) is 5.92 Å². The van der Waals surface area contributed by atoms with Crippen molar-refractivity contribution in [3.63, 3.8) is 0 Å². The van der Waals surface area contributed by atoms with E-state index in [1.165, 1.54) is 13.8 Å². The van der Waals surface area contributed by atoms with Crippen LogP contribution in [0.15, 0.2) is 0 Å². The molecule has 1 rings (SSSR count). The number of hydrogen-bond acceptors (Lipinski definition) is 5. The van der Waals surface area contributed by atoms with Crippen LogP contribution in [0.25, 0.3) is 0 Å². The van der Waals surface area contributed by atoms with E-state index in [9.17, 15) is 5.11 Å². The van der Waals surface area contributed by atoms with Gasteiger partial charge >= 0.3 is 0 Å². The van der Waals surface area contributed by atoms with E-state index in [1.54, 1.807) is 0 Å². The summed E-state index contributed by atoms with van der Waals surface area (Å²) in [7, 11) is 0. The molecule has 5 nitrogen and oxygen atoms in total. The first-order chi connectivity index (χ1) is 7.29. The van der Waals surface area contributed by atoms with E-state index in [1.807, 2.05) is 0 Å². The SMILES string of the molecule is C#C[C@@H]1CCOC1C(O)CO.CC(C)(O)O. The van der Waals surface area contributed by atoms with Gasteiger partial charge in [-0.25, -0.2) is 0 Å². The smallest absolute Gasteiger partial charge is 0.156 e. The van der Waals surface area contributed by atoms with Crippen molar-refractivity contribution in [1.29, 1.82) is 0 Å². The molecule has 1 aliphatic rings. The Morgan fingerprint density at radius 3 is 2.38 bits per heavy atom. The molecule has 5 heteroatoms. The molecule has 0 amide bonds. The summed E-state index contributed by atoms with van der Waals surface area (Å²) in [6.07, 6.45) is 4.76. The summed E-state index contributed by atoms with van der Waals surface area (Å²) in [4.78, 5) is 0. The Kier molecular flexibility index (Phi) is 6.56. The van der Waals surface area contributed by atoms with Crippen molar-refractivity contribution in [2.45, 2.75) is 38.3 Å². The molecule has 4 N–H and O–H groups in total. The molecule has 2 unspecified atom stereocenters. The van der Waals surface area contributed by atoms with Crippen LogP contribution in [0.1, 0.15) is 20.3 Å². The highest BCUT2D eigenvalue weighted by molar-refractivity contribution is 5.01. The minimum absolute atomic E-state index is 0.0443. The zero-order valence-corrected chi connectivity index (χ0v) is 9.63. The van der Waals surface area contributed by atoms with Gasteiger partial charge in [0.1, 0.15) is 6.10 Å². The summed E-state index contributed by atoms with van der Waals surface area (Å²) >= 11 is 0. The van der Waals surface area contributed by atoms with Crippen LogP contribution >= 0.6 is 0 Å². The average molecular weight is 232 g/mol. The number of hydrogen-bond donors (Lipinski definition) is 4. The number of ether oxygens (including phenoxy) is 1. The van der Waals surface area contributed by atoms with Gasteiger partial charge in [-0.3, -0.25) is 0 Å². The van der Waals surface area contributed by atoms with Crippen molar-refractivity contribution in [1.82, 2.24) is 0 Å². The van der Waals surface area contributed by atoms with Gasteiger partial charge < -0.3 is 25.2 Å². The third kappa shape index (κ3) is 6.77. The predicted octanol–water partition coefficient (Wildman–Crippen LogP) is -0.915. The lowest BCUT2D eigenvalue weighted by molar-refractivity contribution is -0.127. The molecule has 0 aromatic heterocycles. The van der Waals surface area contributed by atoms with Crippen molar-refractivity contribution < 1.29 is 25.2 Å². The molecule has 3 atom stereocenters. The average Bonchev–Trinajstić information content (AvgIpc) is 2.61. The third-order valence-corrected chi connectivity index (χ3v) is 1.92. The maximum atomic E-state index is 9.19. The summed E-state index contributed by atoms with van der Waals surface area (Å²) in [5.74, 6) is 0.989. The van der Waals surface area contributed by atoms with Crippen molar-refractivity contribution in [3.05, 3.63) is 0 Å². The summed E-state index contributed by atoms with van der Waals surface area (Å²) in [6.45, 7) is 2.89. The normalized spacial score (nSPS) is 26.6. The van der Waals surface area contributed by atoms with E-state index in [2.05, 4.69) is 5.92 Å². The first-order valence-electron chi connectivity index (χ1n) is 5.11. The Labute approximate surface area is 95.7 Å². The molecule has 1 heterocycles. The highest BCUT2D eigenvalue weighted by Crippen LogP contribution is 2.22. The third-order valence-electron chi connectivity index (χ3n) is 1.92. The molecule has 0 bridgehead atoms. The van der Waals surface area contributed by atoms with E-state index in [-0.39, 0.29) is 18.6 Å². The second-order valence-electron chi connectivity index (χ2n) is 4.14. The second kappa shape index (κ2) is 6.84. The number of aliphatic hydroxyl groups is 4. The first-order valence-corrected chi connectivity index (χ1v) is 5.11. The zero-order chi connectivity index (χ0) is 12.8. The fourth-order valence-electron chi connectivity index (χ4n) is 1.27. The summed E-state index contributed by atoms with van der Waals surface area (Å²) in [6, 6.07) is 0. The standard InChI is InChI=1S/C8H12O3.C3H8O2/c1-2-6-3-4-11-8(6)7(10)5-9;1-3(2,4)5/h1,6-10H,3-5H2;4-5H,1-2H3/t6-,7?,8?;/m1./s1. The molecule has 1 aliphatic heterocycles. The van der Waals surface area contributed by atoms with Gasteiger partial charge in [-0.2, -0.15) is 0 Å². The Hall–Kier alpha value is -0.640. The van der Waals surface area contributed by atoms with E-state index in [0.29, 0.717) is 6.61 Å². The Bertz CT molecular complexity index is 222. The highest BCUT2D eigenvalue weighted by atomic mass is 16.5. The van der Waals surface area contributed by atoms with Gasteiger partial charge in [0.2, 0.25) is 0 Å². The van der Waals surface area contributed by atoms with Crippen LogP contribution in [0.2, 0.25) is 0 Å². The van der Waals surface area contributed by atoms with Crippen molar-refractivity contribution in [2.75, 3.05) is 13.2 Å². The summed E-state index contributed by atoms with van der Waals surface area (Å²) < 4.78 is 5.16. The van der Waals surface area contributed by atoms with E-state index < -0.39 is 11.9 Å². The zero-order valence-electron chi connectivity index (χ0n) is 9.63. The highest BCUT2D eigenvalue weighted by Gasteiger charge is 2.32. The van der Waals surface area contributed by atoms with Crippen LogP contribution in [0.5, 0.6) is 0 Å². The molecule has 0 aromatic rings. The number of rotatable bonds is 2. The molecule has 1 saturated heterocycles. The summed E-state index contributed by atoms with van der Waals surface area (Å²) in [5, 5.41) is 34.0. The molecule has 1 fully saturated rings. The van der Waals surface area contributed by atoms with Gasteiger partial charge in [-0.1, -0.05) is 0 Å². The summed E-state index contributed by atoms with van der Waals surface area (Å²) in [5.41, 5.74) is 0. The van der Waals surface area contributed by atoms with E-state index >= 15 is 0 Å². The number of aliphatic hydroxyl groups excluding tert-OH is 2. The van der Waals surface area contributed by atoms with Crippen LogP contribution in [0, 0.1) is 18.3 Å². The van der Waals surface area contributed by atoms with E-state index in [0.717, 1.165) is 6.42 Å². The van der Waals surface area contributed by atoms with Crippen LogP contribution in [0.4, 0.5) is 0 Å². The maximum absolute atomic E-state index is 9.19. The van der Waals surface area contributed by atoms with Crippen LogP contribution in [-0.4, -0.2) is 51.6 Å². The molecule has 0 saturated carbocycles. The molecular weight excluding hydrogens is 212 g/mol. The molecule has 0 radical (unpaired) electrons. The Morgan fingerprint density at radius 1 is 1.50 bits per heavy atom. The molecule has 0 aromatic carbocycles. The van der Waals surface area contributed by atoms with Crippen molar-refractivity contribution in [3.8, 4) is 12.3 Å². The topological polar surface area (TPSA) is 90.2 Å². The number of terminal acetylenes is 1. The lowest BCUT2D eigenvalue weighted by Gasteiger charge is -2.18. The quantitative estimate of drug-likeness (QED) is 0.365. The van der Waals surface area contributed by atoms with Gasteiger partial charge in [-0.15, -0.1) is 12.3 Å². The lowest BCUT2D eigenvalue weighted by atomic mass is 9.99. The minimum atomic E-state index is -1.50. The van der Waals surface area contributed by atoms with Crippen molar-refractivity contribution >= 4 is 0 Å². The largest absolute Gasteiger partial charge is 0.394 e. The van der Waals surface area contributed by atoms with Gasteiger partial charge in [-0.05, 0) is 20.3 Å². The fraction of sp³-hybridized carbons (Fsp3) is 0.818. The maximum Gasteiger partial charge on any atom is 0.156 e. The Balaban J connectivity index is 0.000000385. The fourth-order valence-corrected chi connectivity index (χ4v) is 1.27. The first kappa shape index (κ1) is 15.4. The molecule has 0 spiro atoms. The van der Waals surface area contributed by atoms with Crippen LogP contribution in [-0.2, 0) is 4.74 Å². The monoisotopic (exact) mass is 232 g/mol. The lowest BCUT2D eigenvalue weighted by Crippen LogP contribution is -2.33. The van der Waals surface area contributed by atoms with Gasteiger partial charge in [0.05, 0.1) is 18.6 Å². The molecule has 16 heavy (non-hydrogen) atoms. The van der Waals surface area contributed by atoms with Crippen LogP contribution < -0.4 is 0 Å². The molecule has 94 valence electrons. The Morgan fingerprint density at radius 2 is 2.00 bits per heavy atom. The van der Waals surface area contributed by atoms with Gasteiger partial charge in [0.25, 0.3) is 0 Å². The van der Waals surface area contributed by atoms with E-state index in [4.69, 9.17) is 26.5 Å². The van der Waals surface area contributed by atoms with Gasteiger partial charge in [0.15, 0.2) is 5.79 Å². The molecular formula is C11H20O5. The predicted molar refractivity (Wildman–Crippen MR) is 58.3 cm³/mol. The minimum Gasteiger partial charge on any atom is -0.394 e. The van der Waals surface area contributed by atoms with Gasteiger partial charge in [0, 0.05) is 6.61 Å². The molecule has 0 aliphatic carbocycles.